The molecule has 0 aliphatic carbocycles. The number of aromatic nitrogens is 1. The summed E-state index contributed by atoms with van der Waals surface area (Å²) in [6.45, 7) is 1.78. The highest BCUT2D eigenvalue weighted by Gasteiger charge is 2.19. The highest BCUT2D eigenvalue weighted by atomic mass is 35.5. The number of halogens is 2. The van der Waals surface area contributed by atoms with Crippen molar-refractivity contribution in [2.45, 2.75) is 12.5 Å². The van der Waals surface area contributed by atoms with Gasteiger partial charge in [-0.05, 0) is 18.6 Å². The van der Waals surface area contributed by atoms with Crippen LogP contribution in [0.3, 0.4) is 0 Å². The van der Waals surface area contributed by atoms with Gasteiger partial charge >= 0.3 is 0 Å². The molecule has 0 bridgehead atoms. The lowest BCUT2D eigenvalue weighted by Gasteiger charge is -2.16. The Kier molecular flexibility index (Phi) is 3.66. The topological polar surface area (TPSA) is 42.1 Å². The summed E-state index contributed by atoms with van der Waals surface area (Å²) in [4.78, 5) is 5.72. The quantitative estimate of drug-likeness (QED) is 0.719. The van der Waals surface area contributed by atoms with E-state index in [9.17, 15) is 4.39 Å². The van der Waals surface area contributed by atoms with Gasteiger partial charge in [0.15, 0.2) is 0 Å². The third-order valence-electron chi connectivity index (χ3n) is 2.30. The third-order valence-corrected chi connectivity index (χ3v) is 2.30. The lowest BCUT2D eigenvalue weighted by Crippen LogP contribution is -2.26. The van der Waals surface area contributed by atoms with Gasteiger partial charge in [-0.15, -0.1) is 12.4 Å². The van der Waals surface area contributed by atoms with E-state index in [2.05, 4.69) is 9.88 Å². The van der Waals surface area contributed by atoms with Gasteiger partial charge in [-0.1, -0.05) is 0 Å². The van der Waals surface area contributed by atoms with E-state index in [1.807, 2.05) is 0 Å². The van der Waals surface area contributed by atoms with Crippen molar-refractivity contribution in [3.05, 3.63) is 24.3 Å². The van der Waals surface area contributed by atoms with Crippen LogP contribution in [0.4, 0.5) is 10.1 Å². The molecule has 0 spiro atoms. The largest absolute Gasteiger partial charge is 0.369 e. The predicted octanol–water partition coefficient (Wildman–Crippen LogP) is 1.18. The molecule has 14 heavy (non-hydrogen) atoms. The Morgan fingerprint density at radius 1 is 1.50 bits per heavy atom. The van der Waals surface area contributed by atoms with Crippen LogP contribution < -0.4 is 10.6 Å². The summed E-state index contributed by atoms with van der Waals surface area (Å²) in [5.74, 6) is -0.438. The van der Waals surface area contributed by atoms with Crippen molar-refractivity contribution in [1.82, 2.24) is 4.98 Å². The molecule has 0 radical (unpaired) electrons. The molecule has 1 aliphatic rings. The van der Waals surface area contributed by atoms with Gasteiger partial charge in [0.25, 0.3) is 0 Å². The van der Waals surface area contributed by atoms with E-state index in [-0.39, 0.29) is 18.4 Å². The van der Waals surface area contributed by atoms with E-state index in [0.29, 0.717) is 0 Å². The zero-order valence-electron chi connectivity index (χ0n) is 7.69. The Hall–Kier alpha value is -0.870. The molecule has 1 unspecified atom stereocenters. The van der Waals surface area contributed by atoms with Crippen LogP contribution in [-0.2, 0) is 0 Å². The molecule has 0 saturated carbocycles. The van der Waals surface area contributed by atoms with Gasteiger partial charge in [-0.2, -0.15) is 4.39 Å². The average Bonchev–Trinajstić information content (AvgIpc) is 2.53. The Labute approximate surface area is 88.5 Å². The van der Waals surface area contributed by atoms with E-state index in [4.69, 9.17) is 5.73 Å². The number of rotatable bonds is 1. The Morgan fingerprint density at radius 2 is 2.29 bits per heavy atom. The molecule has 2 heterocycles. The van der Waals surface area contributed by atoms with Crippen molar-refractivity contribution >= 4 is 18.1 Å². The second kappa shape index (κ2) is 4.57. The molecule has 0 aromatic carbocycles. The molecular formula is C9H13ClFN3. The van der Waals surface area contributed by atoms with Gasteiger partial charge < -0.3 is 10.6 Å². The van der Waals surface area contributed by atoms with Gasteiger partial charge in [0.1, 0.15) is 0 Å². The van der Waals surface area contributed by atoms with Crippen LogP contribution in [0.5, 0.6) is 0 Å². The summed E-state index contributed by atoms with van der Waals surface area (Å²) < 4.78 is 12.5. The predicted molar refractivity (Wildman–Crippen MR) is 56.2 cm³/mol. The minimum absolute atomic E-state index is 0. The van der Waals surface area contributed by atoms with Crippen molar-refractivity contribution in [2.75, 3.05) is 18.0 Å². The number of hydrogen-bond acceptors (Lipinski definition) is 3. The van der Waals surface area contributed by atoms with Gasteiger partial charge in [-0.25, -0.2) is 4.98 Å². The first-order valence-electron chi connectivity index (χ1n) is 4.38. The van der Waals surface area contributed by atoms with E-state index in [1.165, 1.54) is 6.07 Å². The SMILES string of the molecule is Cl.NC1CCN(c2ccc(F)nc2)C1. The van der Waals surface area contributed by atoms with Crippen LogP contribution in [0, 0.1) is 5.95 Å². The first-order valence-corrected chi connectivity index (χ1v) is 4.38. The fourth-order valence-electron chi connectivity index (χ4n) is 1.58. The highest BCUT2D eigenvalue weighted by Crippen LogP contribution is 2.18. The summed E-state index contributed by atoms with van der Waals surface area (Å²) >= 11 is 0. The Bertz CT molecular complexity index is 291. The van der Waals surface area contributed by atoms with Crippen LogP contribution in [-0.4, -0.2) is 24.1 Å². The van der Waals surface area contributed by atoms with Crippen molar-refractivity contribution in [3.8, 4) is 0 Å². The molecule has 5 heteroatoms. The van der Waals surface area contributed by atoms with Crippen LogP contribution in [0.1, 0.15) is 6.42 Å². The Morgan fingerprint density at radius 3 is 2.79 bits per heavy atom. The van der Waals surface area contributed by atoms with E-state index in [0.717, 1.165) is 25.2 Å². The zero-order chi connectivity index (χ0) is 9.26. The molecule has 0 amide bonds. The molecule has 2 rings (SSSR count). The standard InChI is InChI=1S/C9H12FN3.ClH/c10-9-2-1-8(5-12-9)13-4-3-7(11)6-13;/h1-2,5,7H,3-4,6,11H2;1H. The smallest absolute Gasteiger partial charge is 0.212 e. The van der Waals surface area contributed by atoms with E-state index in [1.54, 1.807) is 12.3 Å². The second-order valence-corrected chi connectivity index (χ2v) is 3.33. The second-order valence-electron chi connectivity index (χ2n) is 3.33. The third kappa shape index (κ3) is 2.33. The molecule has 78 valence electrons. The zero-order valence-corrected chi connectivity index (χ0v) is 8.51. The average molecular weight is 218 g/mol. The van der Waals surface area contributed by atoms with Crippen molar-refractivity contribution in [2.24, 2.45) is 5.73 Å². The summed E-state index contributed by atoms with van der Waals surface area (Å²) in [5, 5.41) is 0. The molecule has 3 nitrogen and oxygen atoms in total. The van der Waals surface area contributed by atoms with Gasteiger partial charge in [0.05, 0.1) is 11.9 Å². The molecule has 1 aromatic rings. The minimum atomic E-state index is -0.438. The molecule has 1 fully saturated rings. The maximum atomic E-state index is 12.5. The lowest BCUT2D eigenvalue weighted by atomic mass is 10.3. The molecule has 2 N–H and O–H groups in total. The molecule has 1 aromatic heterocycles. The number of nitrogens with two attached hydrogens (primary N) is 1. The van der Waals surface area contributed by atoms with Crippen LogP contribution in [0.15, 0.2) is 18.3 Å². The molecule has 1 aliphatic heterocycles. The van der Waals surface area contributed by atoms with Gasteiger partial charge in [0.2, 0.25) is 5.95 Å². The summed E-state index contributed by atoms with van der Waals surface area (Å²) in [6.07, 6.45) is 2.55. The van der Waals surface area contributed by atoms with Crippen molar-refractivity contribution < 1.29 is 4.39 Å². The van der Waals surface area contributed by atoms with Crippen molar-refractivity contribution in [1.29, 1.82) is 0 Å². The maximum Gasteiger partial charge on any atom is 0.212 e. The lowest BCUT2D eigenvalue weighted by molar-refractivity contribution is 0.583. The fourth-order valence-corrected chi connectivity index (χ4v) is 1.58. The summed E-state index contributed by atoms with van der Waals surface area (Å²) in [7, 11) is 0. The van der Waals surface area contributed by atoms with Gasteiger partial charge in [0, 0.05) is 19.1 Å². The fraction of sp³-hybridized carbons (Fsp3) is 0.444. The van der Waals surface area contributed by atoms with Crippen LogP contribution in [0.2, 0.25) is 0 Å². The minimum Gasteiger partial charge on any atom is -0.369 e. The first-order chi connectivity index (χ1) is 6.25. The van der Waals surface area contributed by atoms with E-state index < -0.39 is 5.95 Å². The van der Waals surface area contributed by atoms with Crippen LogP contribution in [0.25, 0.3) is 0 Å². The number of anilines is 1. The van der Waals surface area contributed by atoms with E-state index >= 15 is 0 Å². The maximum absolute atomic E-state index is 12.5. The first kappa shape index (κ1) is 11.2. The normalized spacial score (nSPS) is 20.7. The van der Waals surface area contributed by atoms with Gasteiger partial charge in [-0.3, -0.25) is 0 Å². The number of pyridine rings is 1. The Balaban J connectivity index is 0.000000980. The molecule has 1 saturated heterocycles. The molecular weight excluding hydrogens is 205 g/mol. The van der Waals surface area contributed by atoms with Crippen LogP contribution >= 0.6 is 12.4 Å². The summed E-state index contributed by atoms with van der Waals surface area (Å²) in [6, 6.07) is 3.35. The monoisotopic (exact) mass is 217 g/mol. The van der Waals surface area contributed by atoms with Crippen molar-refractivity contribution in [3.63, 3.8) is 0 Å². The highest BCUT2D eigenvalue weighted by molar-refractivity contribution is 5.85. The summed E-state index contributed by atoms with van der Waals surface area (Å²) in [5.41, 5.74) is 6.71. The number of nitrogens with zero attached hydrogens (tertiary/aromatic N) is 2. The molecule has 1 atom stereocenters. The number of hydrogen-bond donors (Lipinski definition) is 1.